The predicted molar refractivity (Wildman–Crippen MR) is 87.3 cm³/mol. The molecule has 2 rings (SSSR count). The average molecular weight is 390 g/mol. The van der Waals surface area contributed by atoms with Gasteiger partial charge in [-0.05, 0) is 30.5 Å². The van der Waals surface area contributed by atoms with Gasteiger partial charge in [0.25, 0.3) is 20.2 Å². The summed E-state index contributed by atoms with van der Waals surface area (Å²) >= 11 is 0. The topological polar surface area (TPSA) is 175 Å². The fourth-order valence-electron chi connectivity index (χ4n) is 2.32. The van der Waals surface area contributed by atoms with Gasteiger partial charge >= 0.3 is 0 Å². The molecule has 1 amide bonds. The molecule has 0 bridgehead atoms. The molecule has 5 N–H and O–H groups in total. The van der Waals surface area contributed by atoms with Crippen molar-refractivity contribution in [3.63, 3.8) is 0 Å². The number of benzene rings is 2. The van der Waals surface area contributed by atoms with Crippen LogP contribution in [0.2, 0.25) is 0 Å². The van der Waals surface area contributed by atoms with Gasteiger partial charge < -0.3 is 5.11 Å². The van der Waals surface area contributed by atoms with Gasteiger partial charge in [0.05, 0.1) is 10.6 Å². The van der Waals surface area contributed by atoms with E-state index < -0.39 is 41.7 Å². The smallest absolute Gasteiger partial charge is 0.294 e. The summed E-state index contributed by atoms with van der Waals surface area (Å²) in [5.41, 5.74) is -0.507. The lowest BCUT2D eigenvalue weighted by atomic mass is 10.0. The van der Waals surface area contributed by atoms with Crippen LogP contribution in [0.1, 0.15) is 12.5 Å². The van der Waals surface area contributed by atoms with E-state index in [-0.39, 0.29) is 22.0 Å². The first-order valence-electron chi connectivity index (χ1n) is 6.56. The molecule has 0 aliphatic heterocycles. The molecule has 10 nitrogen and oxygen atoms in total. The van der Waals surface area contributed by atoms with Gasteiger partial charge in [0.2, 0.25) is 5.91 Å². The molecule has 0 radical (unpaired) electrons. The summed E-state index contributed by atoms with van der Waals surface area (Å²) in [5, 5.41) is 10.5. The van der Waals surface area contributed by atoms with Gasteiger partial charge in [-0.25, -0.2) is 10.9 Å². The van der Waals surface area contributed by atoms with Crippen LogP contribution in [0.3, 0.4) is 0 Å². The van der Waals surface area contributed by atoms with Crippen molar-refractivity contribution in [3.05, 3.63) is 23.8 Å². The molecule has 0 atom stereocenters. The van der Waals surface area contributed by atoms with Crippen LogP contribution in [0.5, 0.6) is 5.75 Å². The molecule has 0 spiro atoms. The lowest BCUT2D eigenvalue weighted by Gasteiger charge is -2.20. The lowest BCUT2D eigenvalue weighted by Crippen LogP contribution is -2.35. The second-order valence-corrected chi connectivity index (χ2v) is 8.04. The standard InChI is InChI=1S/C13H14N2O8S2/c1-6-11(25(21,22)23)4-8-3-9(24(18,19)20)5-10(12(8)13(6)17)15(14)7(2)16/h3-5,17H,14H2,1-2H3,(H,18,19,20)(H,21,22,23). The van der Waals surface area contributed by atoms with E-state index in [0.29, 0.717) is 5.01 Å². The van der Waals surface area contributed by atoms with Gasteiger partial charge in [-0.1, -0.05) is 0 Å². The molecule has 0 aromatic heterocycles. The van der Waals surface area contributed by atoms with Crippen LogP contribution in [0.25, 0.3) is 10.8 Å². The number of fused-ring (bicyclic) bond motifs is 1. The van der Waals surface area contributed by atoms with E-state index in [1.54, 1.807) is 0 Å². The van der Waals surface area contributed by atoms with E-state index >= 15 is 0 Å². The first-order valence-corrected chi connectivity index (χ1v) is 9.44. The third-order valence-electron chi connectivity index (χ3n) is 3.54. The highest BCUT2D eigenvalue weighted by Gasteiger charge is 2.24. The minimum atomic E-state index is -4.73. The molecule has 25 heavy (non-hydrogen) atoms. The Bertz CT molecular complexity index is 1110. The number of nitrogens with zero attached hydrogens (tertiary/aromatic N) is 1. The lowest BCUT2D eigenvalue weighted by molar-refractivity contribution is -0.116. The maximum Gasteiger partial charge on any atom is 0.294 e. The normalized spacial score (nSPS) is 12.4. The van der Waals surface area contributed by atoms with Crippen LogP contribution >= 0.6 is 0 Å². The second-order valence-electron chi connectivity index (χ2n) is 5.23. The Balaban J connectivity index is 3.10. The van der Waals surface area contributed by atoms with Gasteiger partial charge in [0.1, 0.15) is 10.6 Å². The summed E-state index contributed by atoms with van der Waals surface area (Å²) in [5.74, 6) is 4.24. The van der Waals surface area contributed by atoms with Gasteiger partial charge in [0, 0.05) is 17.9 Å². The second kappa shape index (κ2) is 5.93. The van der Waals surface area contributed by atoms with Gasteiger partial charge in [-0.2, -0.15) is 16.8 Å². The van der Waals surface area contributed by atoms with Crippen molar-refractivity contribution in [1.29, 1.82) is 0 Å². The van der Waals surface area contributed by atoms with Crippen molar-refractivity contribution < 1.29 is 35.8 Å². The number of carbonyl (C=O) groups excluding carboxylic acids is 1. The molecule has 0 unspecified atom stereocenters. The van der Waals surface area contributed by atoms with E-state index in [9.17, 15) is 35.8 Å². The number of phenols is 1. The largest absolute Gasteiger partial charge is 0.507 e. The van der Waals surface area contributed by atoms with Crippen LogP contribution in [-0.4, -0.2) is 37.0 Å². The van der Waals surface area contributed by atoms with Crippen molar-refractivity contribution in [2.45, 2.75) is 23.6 Å². The van der Waals surface area contributed by atoms with Crippen molar-refractivity contribution in [3.8, 4) is 5.75 Å². The first kappa shape index (κ1) is 19.1. The molecule has 12 heteroatoms. The zero-order valence-corrected chi connectivity index (χ0v) is 14.6. The Hall–Kier alpha value is -2.25. The number of hydrogen-bond acceptors (Lipinski definition) is 7. The molecular formula is C13H14N2O8S2. The van der Waals surface area contributed by atoms with Crippen LogP contribution in [-0.2, 0) is 25.0 Å². The summed E-state index contributed by atoms with van der Waals surface area (Å²) in [6.45, 7) is 2.27. The molecule has 0 saturated heterocycles. The van der Waals surface area contributed by atoms with Crippen molar-refractivity contribution >= 4 is 42.6 Å². The SMILES string of the molecule is CC(=O)N(N)c1cc(S(=O)(=O)O)cc2cc(S(=O)(=O)O)c(C)c(O)c12. The number of phenolic OH excluding ortho intramolecular Hbond substituents is 1. The molecular weight excluding hydrogens is 376 g/mol. The third kappa shape index (κ3) is 3.43. The van der Waals surface area contributed by atoms with Crippen LogP contribution in [0.4, 0.5) is 5.69 Å². The Morgan fingerprint density at radius 3 is 2.08 bits per heavy atom. The Kier molecular flexibility index (Phi) is 4.52. The number of hydrogen-bond donors (Lipinski definition) is 4. The predicted octanol–water partition coefficient (Wildman–Crippen LogP) is 0.574. The summed E-state index contributed by atoms with van der Waals surface area (Å²) in [6, 6.07) is 2.62. The highest BCUT2D eigenvalue weighted by atomic mass is 32.2. The maximum absolute atomic E-state index is 11.5. The van der Waals surface area contributed by atoms with E-state index in [2.05, 4.69) is 0 Å². The van der Waals surface area contributed by atoms with E-state index in [1.807, 2.05) is 0 Å². The Labute approximate surface area is 142 Å². The Morgan fingerprint density at radius 2 is 1.64 bits per heavy atom. The number of amides is 1. The highest BCUT2D eigenvalue weighted by Crippen LogP contribution is 2.40. The van der Waals surface area contributed by atoms with Gasteiger partial charge in [-0.15, -0.1) is 0 Å². The highest BCUT2D eigenvalue weighted by molar-refractivity contribution is 7.86. The average Bonchev–Trinajstić information content (AvgIpc) is 2.46. The molecule has 2 aromatic rings. The number of nitrogens with two attached hydrogens (primary N) is 1. The van der Waals surface area contributed by atoms with Crippen molar-refractivity contribution in [2.75, 3.05) is 5.01 Å². The number of aromatic hydroxyl groups is 1. The number of carbonyl (C=O) groups is 1. The monoisotopic (exact) mass is 390 g/mol. The third-order valence-corrected chi connectivity index (χ3v) is 5.36. The molecule has 0 heterocycles. The van der Waals surface area contributed by atoms with E-state index in [4.69, 9.17) is 5.84 Å². The molecule has 0 aliphatic rings. The number of hydrazine groups is 1. The van der Waals surface area contributed by atoms with Crippen LogP contribution < -0.4 is 10.9 Å². The molecule has 136 valence electrons. The van der Waals surface area contributed by atoms with Crippen molar-refractivity contribution in [2.24, 2.45) is 5.84 Å². The van der Waals surface area contributed by atoms with E-state index in [1.165, 1.54) is 6.92 Å². The maximum atomic E-state index is 11.5. The summed E-state index contributed by atoms with van der Waals surface area (Å²) in [7, 11) is -9.46. The number of rotatable bonds is 3. The summed E-state index contributed by atoms with van der Waals surface area (Å²) in [6.07, 6.45) is 0. The minimum absolute atomic E-state index is 0.130. The first-order chi connectivity index (χ1) is 11.2. The number of anilines is 1. The molecule has 0 saturated carbocycles. The zero-order valence-electron chi connectivity index (χ0n) is 13.0. The fourth-order valence-corrected chi connectivity index (χ4v) is 3.62. The summed E-state index contributed by atoms with van der Waals surface area (Å²) in [4.78, 5) is 10.2. The van der Waals surface area contributed by atoms with Gasteiger partial charge in [0.15, 0.2) is 0 Å². The summed E-state index contributed by atoms with van der Waals surface area (Å²) < 4.78 is 64.3. The quantitative estimate of drug-likeness (QED) is 0.253. The molecule has 0 fully saturated rings. The molecule has 2 aromatic carbocycles. The van der Waals surface area contributed by atoms with Crippen molar-refractivity contribution in [1.82, 2.24) is 0 Å². The minimum Gasteiger partial charge on any atom is -0.507 e. The Morgan fingerprint density at radius 1 is 1.08 bits per heavy atom. The van der Waals surface area contributed by atoms with Crippen LogP contribution in [0.15, 0.2) is 28.0 Å². The van der Waals surface area contributed by atoms with E-state index in [0.717, 1.165) is 25.1 Å². The van der Waals surface area contributed by atoms with Gasteiger partial charge in [-0.3, -0.25) is 13.9 Å². The molecule has 0 aliphatic carbocycles. The van der Waals surface area contributed by atoms with Crippen LogP contribution in [0, 0.1) is 6.92 Å². The fraction of sp³-hybridized carbons (Fsp3) is 0.154. The zero-order chi connectivity index (χ0) is 19.3.